The molecular formula is C22H15ClFNO2S. The van der Waals surface area contributed by atoms with E-state index in [1.54, 1.807) is 23.5 Å². The summed E-state index contributed by atoms with van der Waals surface area (Å²) in [7, 11) is 0. The van der Waals surface area contributed by atoms with Gasteiger partial charge in [0.15, 0.2) is 5.76 Å². The zero-order valence-corrected chi connectivity index (χ0v) is 16.2. The molecule has 0 fully saturated rings. The number of nitrogens with two attached hydrogens (primary N) is 1. The van der Waals surface area contributed by atoms with Gasteiger partial charge in [-0.05, 0) is 47.5 Å². The molecule has 0 unspecified atom stereocenters. The van der Waals surface area contributed by atoms with E-state index in [1.165, 1.54) is 18.4 Å². The molecule has 0 atom stereocenters. The molecule has 0 radical (unpaired) electrons. The van der Waals surface area contributed by atoms with Crippen LogP contribution in [0.15, 0.2) is 71.3 Å². The average molecular weight is 412 g/mol. The maximum absolute atomic E-state index is 13.7. The van der Waals surface area contributed by atoms with Crippen LogP contribution >= 0.6 is 22.9 Å². The second-order valence-corrected chi connectivity index (χ2v) is 7.89. The van der Waals surface area contributed by atoms with Crippen LogP contribution in [0.4, 0.5) is 4.39 Å². The van der Waals surface area contributed by atoms with Gasteiger partial charge in [-0.2, -0.15) is 0 Å². The van der Waals surface area contributed by atoms with Gasteiger partial charge in [0.1, 0.15) is 5.82 Å². The van der Waals surface area contributed by atoms with Crippen molar-refractivity contribution in [1.29, 1.82) is 0 Å². The maximum Gasteiger partial charge on any atom is 0.285 e. The Labute approximate surface area is 170 Å². The Morgan fingerprint density at radius 3 is 2.57 bits per heavy atom. The summed E-state index contributed by atoms with van der Waals surface area (Å²) >= 11 is 7.59. The van der Waals surface area contributed by atoms with Gasteiger partial charge in [-0.15, -0.1) is 11.3 Å². The number of hydrogen-bond acceptors (Lipinski definition) is 3. The number of carbonyl (C=O) groups excluding carboxylic acids is 1. The largest absolute Gasteiger partial charge is 0.458 e. The monoisotopic (exact) mass is 411 g/mol. The Bertz CT molecular complexity index is 1150. The molecule has 0 aliphatic heterocycles. The molecule has 4 aromatic rings. The number of rotatable bonds is 5. The summed E-state index contributed by atoms with van der Waals surface area (Å²) in [6.07, 6.45) is 2.06. The van der Waals surface area contributed by atoms with Gasteiger partial charge >= 0.3 is 0 Å². The van der Waals surface area contributed by atoms with Gasteiger partial charge in [-0.3, -0.25) is 4.79 Å². The van der Waals surface area contributed by atoms with E-state index in [9.17, 15) is 9.18 Å². The standard InChI is InChI=1S/C22H15ClFNO2S/c23-16-6-4-13(5-7-16)19-9-8-18(28-19)11-15-12-27-21(22(25)26)20(15)14-2-1-3-17(24)10-14/h1-10,12H,11H2,(H2,25,26). The molecular weight excluding hydrogens is 397 g/mol. The van der Waals surface area contributed by atoms with Crippen molar-refractivity contribution in [2.75, 3.05) is 0 Å². The zero-order chi connectivity index (χ0) is 19.7. The first-order chi connectivity index (χ1) is 13.5. The molecule has 0 aliphatic rings. The average Bonchev–Trinajstić information content (AvgIpc) is 3.30. The highest BCUT2D eigenvalue weighted by molar-refractivity contribution is 7.15. The Morgan fingerprint density at radius 1 is 1.07 bits per heavy atom. The number of carbonyl (C=O) groups is 1. The lowest BCUT2D eigenvalue weighted by Gasteiger charge is -2.05. The maximum atomic E-state index is 13.7. The van der Waals surface area contributed by atoms with Crippen LogP contribution in [0, 0.1) is 5.82 Å². The molecule has 0 bridgehead atoms. The van der Waals surface area contributed by atoms with E-state index < -0.39 is 5.91 Å². The molecule has 2 N–H and O–H groups in total. The SMILES string of the molecule is NC(=O)c1occ(Cc2ccc(-c3ccc(Cl)cc3)s2)c1-c1cccc(F)c1. The van der Waals surface area contributed by atoms with Crippen LogP contribution < -0.4 is 5.73 Å². The first kappa shape index (κ1) is 18.5. The highest BCUT2D eigenvalue weighted by Gasteiger charge is 2.20. The van der Waals surface area contributed by atoms with Crippen LogP contribution in [-0.2, 0) is 6.42 Å². The summed E-state index contributed by atoms with van der Waals surface area (Å²) in [6, 6.07) is 17.8. The summed E-state index contributed by atoms with van der Waals surface area (Å²) in [5.41, 5.74) is 8.41. The van der Waals surface area contributed by atoms with E-state index in [0.29, 0.717) is 22.6 Å². The molecule has 2 aromatic heterocycles. The molecule has 6 heteroatoms. The highest BCUT2D eigenvalue weighted by Crippen LogP contribution is 2.35. The highest BCUT2D eigenvalue weighted by atomic mass is 35.5. The predicted octanol–water partition coefficient (Wildman–Crippen LogP) is 6.16. The first-order valence-electron chi connectivity index (χ1n) is 8.52. The van der Waals surface area contributed by atoms with Crippen LogP contribution in [0.1, 0.15) is 21.0 Å². The lowest BCUT2D eigenvalue weighted by molar-refractivity contribution is 0.0975. The van der Waals surface area contributed by atoms with Crippen LogP contribution in [0.5, 0.6) is 0 Å². The van der Waals surface area contributed by atoms with E-state index in [2.05, 4.69) is 0 Å². The fourth-order valence-electron chi connectivity index (χ4n) is 3.10. The van der Waals surface area contributed by atoms with Crippen molar-refractivity contribution in [3.8, 4) is 21.6 Å². The number of benzene rings is 2. The Morgan fingerprint density at radius 2 is 1.86 bits per heavy atom. The van der Waals surface area contributed by atoms with E-state index >= 15 is 0 Å². The molecule has 0 saturated heterocycles. The fourth-order valence-corrected chi connectivity index (χ4v) is 4.26. The van der Waals surface area contributed by atoms with Gasteiger partial charge in [0.25, 0.3) is 5.91 Å². The summed E-state index contributed by atoms with van der Waals surface area (Å²) in [5.74, 6) is -1.03. The summed E-state index contributed by atoms with van der Waals surface area (Å²) in [5, 5.41) is 0.692. The molecule has 4 rings (SSSR count). The van der Waals surface area contributed by atoms with Crippen molar-refractivity contribution >= 4 is 28.8 Å². The van der Waals surface area contributed by atoms with E-state index in [-0.39, 0.29) is 11.6 Å². The van der Waals surface area contributed by atoms with Gasteiger partial charge in [0.2, 0.25) is 0 Å². The molecule has 0 saturated carbocycles. The molecule has 140 valence electrons. The van der Waals surface area contributed by atoms with Crippen molar-refractivity contribution in [3.05, 3.63) is 94.0 Å². The van der Waals surface area contributed by atoms with E-state index in [0.717, 1.165) is 20.9 Å². The third-order valence-corrected chi connectivity index (χ3v) is 5.75. The van der Waals surface area contributed by atoms with Crippen molar-refractivity contribution in [3.63, 3.8) is 0 Å². The molecule has 0 spiro atoms. The third-order valence-electron chi connectivity index (χ3n) is 4.36. The molecule has 28 heavy (non-hydrogen) atoms. The summed E-state index contributed by atoms with van der Waals surface area (Å²) < 4.78 is 19.1. The number of hydrogen-bond donors (Lipinski definition) is 1. The predicted molar refractivity (Wildman–Crippen MR) is 110 cm³/mol. The van der Waals surface area contributed by atoms with E-state index in [4.69, 9.17) is 21.8 Å². The van der Waals surface area contributed by atoms with Gasteiger partial charge in [-0.25, -0.2) is 4.39 Å². The van der Waals surface area contributed by atoms with Crippen LogP contribution in [0.2, 0.25) is 5.02 Å². The van der Waals surface area contributed by atoms with E-state index in [1.807, 2.05) is 36.4 Å². The quantitative estimate of drug-likeness (QED) is 0.427. The number of amides is 1. The Hall–Kier alpha value is -2.89. The van der Waals surface area contributed by atoms with Crippen molar-refractivity contribution in [2.45, 2.75) is 6.42 Å². The summed E-state index contributed by atoms with van der Waals surface area (Å²) in [6.45, 7) is 0. The minimum Gasteiger partial charge on any atom is -0.458 e. The Kier molecular flexibility index (Phi) is 5.03. The molecule has 2 aromatic carbocycles. The third kappa shape index (κ3) is 3.72. The van der Waals surface area contributed by atoms with Gasteiger partial charge in [0, 0.05) is 32.3 Å². The number of primary amides is 1. The minimum atomic E-state index is -0.682. The van der Waals surface area contributed by atoms with Crippen LogP contribution in [0.3, 0.4) is 0 Å². The van der Waals surface area contributed by atoms with Crippen molar-refractivity contribution in [2.24, 2.45) is 5.73 Å². The lowest BCUT2D eigenvalue weighted by Crippen LogP contribution is -2.11. The lowest BCUT2D eigenvalue weighted by atomic mass is 9.99. The fraction of sp³-hybridized carbons (Fsp3) is 0.0455. The van der Waals surface area contributed by atoms with Gasteiger partial charge < -0.3 is 10.2 Å². The normalized spacial score (nSPS) is 10.9. The second kappa shape index (κ2) is 7.62. The molecule has 3 nitrogen and oxygen atoms in total. The zero-order valence-electron chi connectivity index (χ0n) is 14.6. The number of thiophene rings is 1. The Balaban J connectivity index is 1.69. The van der Waals surface area contributed by atoms with Crippen LogP contribution in [-0.4, -0.2) is 5.91 Å². The molecule has 2 heterocycles. The first-order valence-corrected chi connectivity index (χ1v) is 9.71. The molecule has 1 amide bonds. The topological polar surface area (TPSA) is 56.2 Å². The minimum absolute atomic E-state index is 0.0371. The summed E-state index contributed by atoms with van der Waals surface area (Å²) in [4.78, 5) is 14.0. The second-order valence-electron chi connectivity index (χ2n) is 6.29. The molecule has 0 aliphatic carbocycles. The van der Waals surface area contributed by atoms with Crippen molar-refractivity contribution < 1.29 is 13.6 Å². The van der Waals surface area contributed by atoms with Gasteiger partial charge in [0.05, 0.1) is 6.26 Å². The number of furan rings is 1. The van der Waals surface area contributed by atoms with Crippen molar-refractivity contribution in [1.82, 2.24) is 0 Å². The van der Waals surface area contributed by atoms with Crippen LogP contribution in [0.25, 0.3) is 21.6 Å². The smallest absolute Gasteiger partial charge is 0.285 e. The number of halogens is 2. The van der Waals surface area contributed by atoms with Gasteiger partial charge in [-0.1, -0.05) is 35.9 Å².